The van der Waals surface area contributed by atoms with Gasteiger partial charge in [-0.25, -0.2) is 4.79 Å². The SMILES string of the molecule is Cn1ccc2cc(-c3csc(NC(=O)c4cc5ccccc5o4)c3C(=O)O)ccc21. The summed E-state index contributed by atoms with van der Waals surface area (Å²) in [6.45, 7) is 0. The second-order valence-corrected chi connectivity index (χ2v) is 7.84. The number of hydrogen-bond acceptors (Lipinski definition) is 4. The van der Waals surface area contributed by atoms with Crippen LogP contribution < -0.4 is 5.32 Å². The number of amides is 1. The number of anilines is 1. The minimum atomic E-state index is -1.10. The molecule has 0 radical (unpaired) electrons. The van der Waals surface area contributed by atoms with E-state index in [9.17, 15) is 14.7 Å². The zero-order valence-electron chi connectivity index (χ0n) is 15.9. The minimum Gasteiger partial charge on any atom is -0.478 e. The maximum atomic E-state index is 12.7. The number of rotatable bonds is 4. The normalized spacial score (nSPS) is 11.2. The van der Waals surface area contributed by atoms with Gasteiger partial charge in [0.05, 0.1) is 0 Å². The second kappa shape index (κ2) is 6.89. The van der Waals surface area contributed by atoms with Gasteiger partial charge < -0.3 is 19.4 Å². The van der Waals surface area contributed by atoms with Crippen molar-refractivity contribution in [1.82, 2.24) is 4.57 Å². The fourth-order valence-electron chi connectivity index (χ4n) is 3.58. The van der Waals surface area contributed by atoms with E-state index in [0.717, 1.165) is 21.9 Å². The number of benzene rings is 2. The van der Waals surface area contributed by atoms with Crippen molar-refractivity contribution in [1.29, 1.82) is 0 Å². The number of aromatic nitrogens is 1. The number of thiophene rings is 1. The van der Waals surface area contributed by atoms with E-state index in [1.54, 1.807) is 17.5 Å². The number of nitrogens with one attached hydrogen (secondary N) is 1. The molecule has 0 atom stereocenters. The first-order valence-electron chi connectivity index (χ1n) is 9.21. The Morgan fingerprint density at radius 1 is 1.07 bits per heavy atom. The molecule has 148 valence electrons. The summed E-state index contributed by atoms with van der Waals surface area (Å²) in [5, 5.41) is 16.4. The zero-order chi connectivity index (χ0) is 20.8. The van der Waals surface area contributed by atoms with E-state index >= 15 is 0 Å². The number of carboxylic acid groups (broad SMARTS) is 1. The molecule has 0 saturated heterocycles. The van der Waals surface area contributed by atoms with Crippen LogP contribution in [0.2, 0.25) is 0 Å². The number of para-hydroxylation sites is 1. The van der Waals surface area contributed by atoms with Crippen molar-refractivity contribution < 1.29 is 19.1 Å². The maximum Gasteiger partial charge on any atom is 0.339 e. The third kappa shape index (κ3) is 2.96. The molecule has 2 aromatic carbocycles. The van der Waals surface area contributed by atoms with Gasteiger partial charge in [0.25, 0.3) is 5.91 Å². The van der Waals surface area contributed by atoms with E-state index in [2.05, 4.69) is 5.32 Å². The monoisotopic (exact) mass is 416 g/mol. The average molecular weight is 416 g/mol. The smallest absolute Gasteiger partial charge is 0.339 e. The van der Waals surface area contributed by atoms with E-state index in [-0.39, 0.29) is 16.3 Å². The van der Waals surface area contributed by atoms with Crippen LogP contribution in [0.15, 0.2) is 70.6 Å². The molecule has 5 aromatic rings. The summed E-state index contributed by atoms with van der Waals surface area (Å²) >= 11 is 1.18. The molecule has 0 saturated carbocycles. The Hall–Kier alpha value is -3.84. The molecule has 0 aliphatic carbocycles. The van der Waals surface area contributed by atoms with Crippen LogP contribution in [-0.4, -0.2) is 21.6 Å². The molecule has 0 aliphatic rings. The summed E-state index contributed by atoms with van der Waals surface area (Å²) in [7, 11) is 1.96. The third-order valence-electron chi connectivity index (χ3n) is 5.08. The van der Waals surface area contributed by atoms with Crippen LogP contribution in [0.5, 0.6) is 0 Å². The minimum absolute atomic E-state index is 0.0692. The lowest BCUT2D eigenvalue weighted by atomic mass is 10.0. The van der Waals surface area contributed by atoms with E-state index in [4.69, 9.17) is 4.42 Å². The van der Waals surface area contributed by atoms with Crippen molar-refractivity contribution in [3.8, 4) is 11.1 Å². The molecule has 0 aliphatic heterocycles. The number of carbonyl (C=O) groups excluding carboxylic acids is 1. The predicted molar refractivity (Wildman–Crippen MR) is 117 cm³/mol. The number of hydrogen-bond donors (Lipinski definition) is 2. The Kier molecular flexibility index (Phi) is 4.18. The van der Waals surface area contributed by atoms with Gasteiger partial charge >= 0.3 is 5.97 Å². The van der Waals surface area contributed by atoms with E-state index in [1.807, 2.05) is 60.3 Å². The van der Waals surface area contributed by atoms with Crippen LogP contribution in [0, 0.1) is 0 Å². The lowest BCUT2D eigenvalue weighted by molar-refractivity contribution is 0.0699. The van der Waals surface area contributed by atoms with Gasteiger partial charge in [-0.1, -0.05) is 24.3 Å². The van der Waals surface area contributed by atoms with Gasteiger partial charge in [-0.05, 0) is 35.9 Å². The van der Waals surface area contributed by atoms with Gasteiger partial charge in [0.1, 0.15) is 16.1 Å². The van der Waals surface area contributed by atoms with Gasteiger partial charge in [0.15, 0.2) is 5.76 Å². The third-order valence-corrected chi connectivity index (χ3v) is 5.97. The second-order valence-electron chi connectivity index (χ2n) is 6.96. The fourth-order valence-corrected chi connectivity index (χ4v) is 4.54. The van der Waals surface area contributed by atoms with Gasteiger partial charge in [0.2, 0.25) is 0 Å². The topological polar surface area (TPSA) is 84.5 Å². The fraction of sp³-hybridized carbons (Fsp3) is 0.0435. The van der Waals surface area contributed by atoms with Crippen LogP contribution in [0.25, 0.3) is 33.0 Å². The molecule has 0 bridgehead atoms. The Morgan fingerprint density at radius 3 is 2.70 bits per heavy atom. The Morgan fingerprint density at radius 2 is 1.90 bits per heavy atom. The number of furan rings is 1. The zero-order valence-corrected chi connectivity index (χ0v) is 16.7. The highest BCUT2D eigenvalue weighted by molar-refractivity contribution is 7.15. The van der Waals surface area contributed by atoms with Crippen LogP contribution in [0.3, 0.4) is 0 Å². The summed E-state index contributed by atoms with van der Waals surface area (Å²) in [6, 6.07) is 16.7. The summed E-state index contributed by atoms with van der Waals surface area (Å²) in [5.41, 5.74) is 3.08. The predicted octanol–water partition coefficient (Wildman–Crippen LogP) is 5.60. The lowest BCUT2D eigenvalue weighted by Crippen LogP contribution is -2.12. The van der Waals surface area contributed by atoms with Crippen molar-refractivity contribution in [2.24, 2.45) is 7.05 Å². The van der Waals surface area contributed by atoms with Crippen molar-refractivity contribution in [3.63, 3.8) is 0 Å². The number of aromatic carboxylic acids is 1. The quantitative estimate of drug-likeness (QED) is 0.399. The number of carbonyl (C=O) groups is 2. The molecule has 30 heavy (non-hydrogen) atoms. The molecule has 3 aromatic heterocycles. The molecule has 0 spiro atoms. The largest absolute Gasteiger partial charge is 0.478 e. The van der Waals surface area contributed by atoms with Crippen LogP contribution in [0.1, 0.15) is 20.9 Å². The van der Waals surface area contributed by atoms with E-state index in [1.165, 1.54) is 11.3 Å². The molecule has 2 N–H and O–H groups in total. The summed E-state index contributed by atoms with van der Waals surface area (Å²) < 4.78 is 7.59. The average Bonchev–Trinajstić information content (AvgIpc) is 3.44. The lowest BCUT2D eigenvalue weighted by Gasteiger charge is -2.06. The molecule has 0 fully saturated rings. The van der Waals surface area contributed by atoms with Crippen molar-refractivity contribution in [2.75, 3.05) is 5.32 Å². The van der Waals surface area contributed by atoms with Gasteiger partial charge in [-0.3, -0.25) is 4.79 Å². The Balaban J connectivity index is 1.51. The molecule has 1 amide bonds. The van der Waals surface area contributed by atoms with Gasteiger partial charge in [-0.15, -0.1) is 11.3 Å². The number of aryl methyl sites for hydroxylation is 1. The van der Waals surface area contributed by atoms with Crippen LogP contribution in [-0.2, 0) is 7.05 Å². The van der Waals surface area contributed by atoms with Gasteiger partial charge in [-0.2, -0.15) is 0 Å². The summed E-state index contributed by atoms with van der Waals surface area (Å²) in [4.78, 5) is 24.7. The number of carboxylic acids is 1. The molecule has 0 unspecified atom stereocenters. The highest BCUT2D eigenvalue weighted by atomic mass is 32.1. The highest BCUT2D eigenvalue weighted by Crippen LogP contribution is 2.37. The number of nitrogens with zero attached hydrogens (tertiary/aromatic N) is 1. The Labute approximate surface area is 175 Å². The Bertz CT molecular complexity index is 1410. The molecular weight excluding hydrogens is 400 g/mol. The van der Waals surface area contributed by atoms with E-state index < -0.39 is 11.9 Å². The number of fused-ring (bicyclic) bond motifs is 2. The highest BCUT2D eigenvalue weighted by Gasteiger charge is 2.23. The van der Waals surface area contributed by atoms with E-state index in [0.29, 0.717) is 11.1 Å². The molecular formula is C23H16N2O4S. The van der Waals surface area contributed by atoms with Crippen LogP contribution in [0.4, 0.5) is 5.00 Å². The summed E-state index contributed by atoms with van der Waals surface area (Å²) in [6.07, 6.45) is 1.96. The first-order valence-corrected chi connectivity index (χ1v) is 10.1. The molecule has 3 heterocycles. The van der Waals surface area contributed by atoms with Crippen LogP contribution >= 0.6 is 11.3 Å². The first kappa shape index (κ1) is 18.2. The maximum absolute atomic E-state index is 12.7. The van der Waals surface area contributed by atoms with Crippen molar-refractivity contribution >= 4 is 50.1 Å². The van der Waals surface area contributed by atoms with Gasteiger partial charge in [0, 0.05) is 40.5 Å². The van der Waals surface area contributed by atoms with Crippen molar-refractivity contribution in [3.05, 3.63) is 77.5 Å². The summed E-state index contributed by atoms with van der Waals surface area (Å²) in [5.74, 6) is -1.45. The molecule has 6 nitrogen and oxygen atoms in total. The standard InChI is InChI=1S/C23H16N2O4S/c1-25-9-8-14-10-13(6-7-17(14)25)16-12-30-22(20(16)23(27)28)24-21(26)19-11-15-4-2-3-5-18(15)29-19/h2-12H,1H3,(H,24,26)(H,27,28). The first-order chi connectivity index (χ1) is 14.5. The van der Waals surface area contributed by atoms with Crippen molar-refractivity contribution in [2.45, 2.75) is 0 Å². The molecule has 5 rings (SSSR count). The molecule has 7 heteroatoms.